The summed E-state index contributed by atoms with van der Waals surface area (Å²) in [7, 11) is 0. The second-order valence-corrected chi connectivity index (χ2v) is 14.4. The molecule has 11 heteroatoms. The van der Waals surface area contributed by atoms with Crippen molar-refractivity contribution >= 4 is 38.8 Å². The molecule has 2 aliphatic heterocycles. The Bertz CT molecular complexity index is 1370. The Morgan fingerprint density at radius 2 is 1.84 bits per heavy atom. The van der Waals surface area contributed by atoms with Gasteiger partial charge in [-0.3, -0.25) is 9.59 Å². The number of nitrogens with zero attached hydrogens (tertiary/aromatic N) is 2. The molecule has 9 nitrogen and oxygen atoms in total. The maximum atomic E-state index is 12.9. The number of ether oxygens (including phenoxy) is 1. The molecule has 2 saturated heterocycles. The van der Waals surface area contributed by atoms with E-state index in [1.165, 1.54) is 49.5 Å². The van der Waals surface area contributed by atoms with Crippen molar-refractivity contribution < 1.29 is 19.7 Å². The van der Waals surface area contributed by atoms with Crippen LogP contribution in [-0.4, -0.2) is 88.9 Å². The molecule has 5 rings (SSSR count). The Labute approximate surface area is 268 Å². The number of aryl methyl sites for hydroxylation is 1. The van der Waals surface area contributed by atoms with Crippen LogP contribution in [0.4, 0.5) is 0 Å². The molecule has 1 spiro atoms. The maximum absolute atomic E-state index is 12.9. The van der Waals surface area contributed by atoms with Crippen LogP contribution in [0, 0.1) is 0 Å². The van der Waals surface area contributed by atoms with Crippen LogP contribution in [0.15, 0.2) is 34.4 Å². The van der Waals surface area contributed by atoms with Crippen molar-refractivity contribution in [2.75, 3.05) is 52.4 Å². The number of aromatic nitrogens is 1. The highest BCUT2D eigenvalue weighted by atomic mass is 32.1. The van der Waals surface area contributed by atoms with Gasteiger partial charge in [0.05, 0.1) is 23.0 Å². The quantitative estimate of drug-likeness (QED) is 0.162. The second-order valence-electron chi connectivity index (χ2n) is 12.4. The maximum Gasteiger partial charge on any atom is 0.305 e. The number of hydrogen-bond donors (Lipinski definition) is 4. The standard InChI is InChI=1S/C33H48N4O5S2/c38-27-12-11-26(31-30(27)35-32(41)44-31)28(39)23-34-16-6-4-2-1-3-5-7-17-36-18-14-33(15-19-36)24-37(20-21-42-33)29(40)13-10-25-9-8-22-43-25/h8-9,11-12,22,28,34,38-39H,1-7,10,13-21,23-24H2,(H,35,41). The van der Waals surface area contributed by atoms with Gasteiger partial charge in [0, 0.05) is 49.6 Å². The number of piperidine rings is 1. The minimum absolute atomic E-state index is 0.0271. The SMILES string of the molecule is O=C(CCc1cccs1)N1CCOC2(CCN(CCCCCCCCCNCC(O)c3ccc(O)c4[nH]c(=O)sc34)CC2)C1. The van der Waals surface area contributed by atoms with Crippen LogP contribution >= 0.6 is 22.7 Å². The normalized spacial score (nSPS) is 17.9. The first kappa shape index (κ1) is 33.1. The van der Waals surface area contributed by atoms with Gasteiger partial charge in [-0.15, -0.1) is 11.3 Å². The molecule has 0 aliphatic carbocycles. The monoisotopic (exact) mass is 644 g/mol. The van der Waals surface area contributed by atoms with E-state index in [1.54, 1.807) is 17.4 Å². The molecule has 2 aliphatic rings. The summed E-state index contributed by atoms with van der Waals surface area (Å²) in [5.74, 6) is 0.294. The summed E-state index contributed by atoms with van der Waals surface area (Å²) < 4.78 is 6.91. The third kappa shape index (κ3) is 9.14. The lowest BCUT2D eigenvalue weighted by Gasteiger charge is -2.47. The highest BCUT2D eigenvalue weighted by Gasteiger charge is 2.40. The predicted octanol–water partition coefficient (Wildman–Crippen LogP) is 5.04. The number of carbonyl (C=O) groups excluding carboxylic acids is 1. The van der Waals surface area contributed by atoms with Gasteiger partial charge in [0.1, 0.15) is 11.3 Å². The molecule has 0 saturated carbocycles. The number of benzene rings is 1. The third-order valence-electron chi connectivity index (χ3n) is 9.15. The number of aromatic amines is 1. The number of unbranched alkanes of at least 4 members (excludes halogenated alkanes) is 6. The smallest absolute Gasteiger partial charge is 0.305 e. The molecule has 3 aromatic rings. The molecule has 4 N–H and O–H groups in total. The number of thiophene rings is 1. The average Bonchev–Trinajstić information content (AvgIpc) is 3.70. The number of hydrogen-bond acceptors (Lipinski definition) is 9. The first-order chi connectivity index (χ1) is 21.4. The molecule has 1 amide bonds. The van der Waals surface area contributed by atoms with Crippen LogP contribution in [0.25, 0.3) is 10.2 Å². The Morgan fingerprint density at radius 1 is 1.07 bits per heavy atom. The largest absolute Gasteiger partial charge is 0.506 e. The van der Waals surface area contributed by atoms with Crippen molar-refractivity contribution in [3.05, 3.63) is 49.8 Å². The topological polar surface area (TPSA) is 118 Å². The predicted molar refractivity (Wildman–Crippen MR) is 178 cm³/mol. The molecule has 1 atom stereocenters. The van der Waals surface area contributed by atoms with Crippen LogP contribution in [0.5, 0.6) is 5.75 Å². The molecule has 4 heterocycles. The number of H-pyrrole nitrogens is 1. The van der Waals surface area contributed by atoms with E-state index in [0.717, 1.165) is 76.3 Å². The molecular weight excluding hydrogens is 597 g/mol. The van der Waals surface area contributed by atoms with E-state index >= 15 is 0 Å². The zero-order valence-electron chi connectivity index (χ0n) is 25.7. The number of amides is 1. The van der Waals surface area contributed by atoms with E-state index in [-0.39, 0.29) is 22.1 Å². The number of morpholine rings is 1. The fraction of sp³-hybridized carbons (Fsp3) is 0.636. The number of phenols is 1. The van der Waals surface area contributed by atoms with Gasteiger partial charge in [-0.2, -0.15) is 0 Å². The first-order valence-electron chi connectivity index (χ1n) is 16.3. The third-order valence-corrected chi connectivity index (χ3v) is 11.0. The second kappa shape index (κ2) is 16.3. The number of aromatic hydroxyl groups is 1. The Kier molecular flexibility index (Phi) is 12.3. The number of phenolic OH excluding ortho intramolecular Hbond substituents is 1. The lowest BCUT2D eigenvalue weighted by Crippen LogP contribution is -2.58. The zero-order valence-corrected chi connectivity index (χ0v) is 27.4. The van der Waals surface area contributed by atoms with Crippen molar-refractivity contribution in [1.29, 1.82) is 0 Å². The molecule has 0 bridgehead atoms. The first-order valence-corrected chi connectivity index (χ1v) is 18.0. The van der Waals surface area contributed by atoms with Gasteiger partial charge < -0.3 is 35.1 Å². The van der Waals surface area contributed by atoms with Gasteiger partial charge in [0.15, 0.2) is 0 Å². The van der Waals surface area contributed by atoms with Gasteiger partial charge in [-0.1, -0.05) is 55.6 Å². The molecular formula is C33H48N4O5S2. The number of fused-ring (bicyclic) bond motifs is 1. The highest BCUT2D eigenvalue weighted by molar-refractivity contribution is 7.16. The lowest BCUT2D eigenvalue weighted by atomic mass is 9.89. The fourth-order valence-corrected chi connectivity index (χ4v) is 8.13. The molecule has 2 aromatic heterocycles. The van der Waals surface area contributed by atoms with Crippen molar-refractivity contribution in [3.63, 3.8) is 0 Å². The summed E-state index contributed by atoms with van der Waals surface area (Å²) in [5.41, 5.74) is 0.916. The van der Waals surface area contributed by atoms with Gasteiger partial charge in [0.25, 0.3) is 0 Å². The molecule has 0 radical (unpaired) electrons. The van der Waals surface area contributed by atoms with Crippen LogP contribution < -0.4 is 10.2 Å². The van der Waals surface area contributed by atoms with Crippen LogP contribution in [-0.2, 0) is 16.0 Å². The van der Waals surface area contributed by atoms with Crippen LogP contribution in [0.1, 0.15) is 80.8 Å². The van der Waals surface area contributed by atoms with E-state index < -0.39 is 6.10 Å². The minimum atomic E-state index is -0.726. The minimum Gasteiger partial charge on any atom is -0.506 e. The number of aliphatic hydroxyl groups excluding tert-OH is 1. The van der Waals surface area contributed by atoms with E-state index in [1.807, 2.05) is 0 Å². The summed E-state index contributed by atoms with van der Waals surface area (Å²) in [4.78, 5) is 32.9. The summed E-state index contributed by atoms with van der Waals surface area (Å²) in [6.45, 7) is 6.66. The van der Waals surface area contributed by atoms with Crippen molar-refractivity contribution in [3.8, 4) is 5.75 Å². The van der Waals surface area contributed by atoms with E-state index in [9.17, 15) is 19.8 Å². The number of likely N-dealkylation sites (tertiary alicyclic amines) is 1. The van der Waals surface area contributed by atoms with Gasteiger partial charge in [-0.05, 0) is 62.7 Å². The van der Waals surface area contributed by atoms with Crippen molar-refractivity contribution in [1.82, 2.24) is 20.1 Å². The average molecular weight is 645 g/mol. The summed E-state index contributed by atoms with van der Waals surface area (Å²) >= 11 is 2.74. The number of carbonyl (C=O) groups is 1. The fourth-order valence-electron chi connectivity index (χ4n) is 6.51. The number of nitrogens with one attached hydrogen (secondary N) is 2. The van der Waals surface area contributed by atoms with Crippen LogP contribution in [0.2, 0.25) is 0 Å². The van der Waals surface area contributed by atoms with E-state index in [2.05, 4.69) is 37.6 Å². The summed E-state index contributed by atoms with van der Waals surface area (Å²) in [6, 6.07) is 7.37. The molecule has 44 heavy (non-hydrogen) atoms. The number of thiazole rings is 1. The zero-order chi connectivity index (χ0) is 30.8. The Hall–Kier alpha value is -2.28. The number of rotatable bonds is 16. The Balaban J connectivity index is 0.869. The summed E-state index contributed by atoms with van der Waals surface area (Å²) in [5, 5.41) is 25.9. The van der Waals surface area contributed by atoms with Gasteiger partial charge in [-0.25, -0.2) is 0 Å². The molecule has 1 unspecified atom stereocenters. The molecule has 242 valence electrons. The summed E-state index contributed by atoms with van der Waals surface area (Å²) in [6.07, 6.45) is 11.2. The number of aliphatic hydroxyl groups is 1. The van der Waals surface area contributed by atoms with Crippen molar-refractivity contribution in [2.45, 2.75) is 82.3 Å². The van der Waals surface area contributed by atoms with Gasteiger partial charge in [0.2, 0.25) is 5.91 Å². The van der Waals surface area contributed by atoms with Crippen LogP contribution in [0.3, 0.4) is 0 Å². The highest BCUT2D eigenvalue weighted by Crippen LogP contribution is 2.32. The molecule has 1 aromatic carbocycles. The van der Waals surface area contributed by atoms with Crippen molar-refractivity contribution in [2.24, 2.45) is 0 Å². The van der Waals surface area contributed by atoms with Gasteiger partial charge >= 0.3 is 4.87 Å². The Morgan fingerprint density at radius 3 is 2.61 bits per heavy atom. The lowest BCUT2D eigenvalue weighted by molar-refractivity contribution is -0.159. The molecule has 2 fully saturated rings. The van der Waals surface area contributed by atoms with E-state index in [0.29, 0.717) is 35.4 Å². The van der Waals surface area contributed by atoms with E-state index in [4.69, 9.17) is 4.74 Å².